The fourth-order valence-corrected chi connectivity index (χ4v) is 0.301. The molecule has 0 amide bonds. The van der Waals surface area contributed by atoms with Crippen LogP contribution in [0.15, 0.2) is 12.2 Å². The van der Waals surface area contributed by atoms with E-state index in [0.717, 1.165) is 12.8 Å². The fraction of sp³-hybridized carbons (Fsp3) is 0.500. The predicted molar refractivity (Wildman–Crippen MR) is 46.4 cm³/mol. The van der Waals surface area contributed by atoms with Crippen LogP contribution in [0.3, 0.4) is 0 Å². The first-order valence-electron chi connectivity index (χ1n) is 3.79. The first-order valence-corrected chi connectivity index (χ1v) is 3.79. The van der Waals surface area contributed by atoms with Gasteiger partial charge >= 0.3 is 11.9 Å². The number of carboxylic acid groups (broad SMARTS) is 2. The summed E-state index contributed by atoms with van der Waals surface area (Å²) in [5.41, 5.74) is 0. The van der Waals surface area contributed by atoms with Crippen LogP contribution in [0.2, 0.25) is 0 Å². The highest BCUT2D eigenvalue weighted by molar-refractivity contribution is 5.89. The Hall–Kier alpha value is -1.36. The summed E-state index contributed by atoms with van der Waals surface area (Å²) in [5, 5.41) is 23.7. The molecule has 0 atom stereocenters. The van der Waals surface area contributed by atoms with E-state index < -0.39 is 11.9 Å². The van der Waals surface area contributed by atoms with Crippen molar-refractivity contribution in [2.75, 3.05) is 6.61 Å². The molecule has 5 nitrogen and oxygen atoms in total. The molecule has 0 aliphatic rings. The van der Waals surface area contributed by atoms with E-state index in [1.165, 1.54) is 0 Å². The molecule has 0 saturated heterocycles. The minimum absolute atomic E-state index is 0.344. The lowest BCUT2D eigenvalue weighted by molar-refractivity contribution is -0.134. The van der Waals surface area contributed by atoms with Gasteiger partial charge in [0, 0.05) is 18.8 Å². The lowest BCUT2D eigenvalue weighted by atomic mass is 10.4. The summed E-state index contributed by atoms with van der Waals surface area (Å²) in [4.78, 5) is 19.1. The smallest absolute Gasteiger partial charge is 0.328 e. The van der Waals surface area contributed by atoms with Crippen LogP contribution in [0.1, 0.15) is 19.8 Å². The van der Waals surface area contributed by atoms with E-state index in [0.29, 0.717) is 18.8 Å². The highest BCUT2D eigenvalue weighted by Gasteiger charge is 1.88. The third kappa shape index (κ3) is 25.0. The number of unbranched alkanes of at least 4 members (excludes halogenated alkanes) is 1. The van der Waals surface area contributed by atoms with Gasteiger partial charge in [0.15, 0.2) is 0 Å². The van der Waals surface area contributed by atoms with Gasteiger partial charge < -0.3 is 15.3 Å². The van der Waals surface area contributed by atoms with Gasteiger partial charge in [-0.05, 0) is 6.42 Å². The lowest BCUT2D eigenvalue weighted by Crippen LogP contribution is -1.91. The number of aliphatic hydroxyl groups excluding tert-OH is 1. The molecule has 5 heteroatoms. The maximum atomic E-state index is 9.55. The molecule has 0 bridgehead atoms. The molecular formula is C8H14O5. The Bertz CT molecular complexity index is 155. The van der Waals surface area contributed by atoms with Gasteiger partial charge in [-0.1, -0.05) is 13.3 Å². The van der Waals surface area contributed by atoms with Crippen molar-refractivity contribution in [1.29, 1.82) is 0 Å². The summed E-state index contributed by atoms with van der Waals surface area (Å²) in [6.45, 7) is 2.40. The van der Waals surface area contributed by atoms with Gasteiger partial charge in [-0.25, -0.2) is 9.59 Å². The van der Waals surface area contributed by atoms with Crippen molar-refractivity contribution in [3.8, 4) is 0 Å². The molecule has 0 rings (SSSR count). The first-order chi connectivity index (χ1) is 6.04. The number of carboxylic acids is 2. The van der Waals surface area contributed by atoms with E-state index in [1.807, 2.05) is 0 Å². The van der Waals surface area contributed by atoms with Crippen molar-refractivity contribution in [2.45, 2.75) is 19.8 Å². The van der Waals surface area contributed by atoms with E-state index in [-0.39, 0.29) is 0 Å². The number of aliphatic hydroxyl groups is 1. The number of rotatable bonds is 4. The third-order valence-corrected chi connectivity index (χ3v) is 0.880. The van der Waals surface area contributed by atoms with Gasteiger partial charge in [-0.15, -0.1) is 0 Å². The topological polar surface area (TPSA) is 94.8 Å². The van der Waals surface area contributed by atoms with Crippen LogP contribution in [0.4, 0.5) is 0 Å². The van der Waals surface area contributed by atoms with Crippen LogP contribution in [0.25, 0.3) is 0 Å². The van der Waals surface area contributed by atoms with E-state index in [2.05, 4.69) is 6.92 Å². The molecular weight excluding hydrogens is 176 g/mol. The molecule has 76 valence electrons. The number of carbonyl (C=O) groups is 2. The highest BCUT2D eigenvalue weighted by Crippen LogP contribution is 1.78. The molecule has 0 saturated carbocycles. The van der Waals surface area contributed by atoms with E-state index >= 15 is 0 Å². The highest BCUT2D eigenvalue weighted by atomic mass is 16.4. The summed E-state index contributed by atoms with van der Waals surface area (Å²) in [7, 11) is 0. The number of hydrogen-bond acceptors (Lipinski definition) is 3. The summed E-state index contributed by atoms with van der Waals surface area (Å²) >= 11 is 0. The Morgan fingerprint density at radius 2 is 1.54 bits per heavy atom. The molecule has 0 aromatic heterocycles. The van der Waals surface area contributed by atoms with Crippen molar-refractivity contribution < 1.29 is 24.9 Å². The average Bonchev–Trinajstić information content (AvgIpc) is 2.03. The van der Waals surface area contributed by atoms with Gasteiger partial charge in [0.05, 0.1) is 0 Å². The van der Waals surface area contributed by atoms with Gasteiger partial charge in [-0.2, -0.15) is 0 Å². The summed E-state index contributed by atoms with van der Waals surface area (Å²) in [5.74, 6) is -2.51. The Balaban J connectivity index is 0. The Kier molecular flexibility index (Phi) is 11.6. The molecule has 0 heterocycles. The lowest BCUT2D eigenvalue weighted by Gasteiger charge is -1.79. The molecule has 3 N–H and O–H groups in total. The quantitative estimate of drug-likeness (QED) is 0.561. The molecule has 0 aliphatic carbocycles. The standard InChI is InChI=1S/C4H4O4.C4H10O/c5-3(6)1-2-4(7)8;1-2-3-4-5/h1-2H,(H,5,6)(H,7,8);5H,2-4H2,1H3/b2-1-;. The van der Waals surface area contributed by atoms with E-state index in [4.69, 9.17) is 15.3 Å². The molecule has 0 fully saturated rings. The maximum absolute atomic E-state index is 9.55. The van der Waals surface area contributed by atoms with Crippen LogP contribution in [0.5, 0.6) is 0 Å². The zero-order chi connectivity index (χ0) is 10.7. The van der Waals surface area contributed by atoms with Crippen LogP contribution in [-0.4, -0.2) is 33.9 Å². The number of aliphatic carboxylic acids is 2. The van der Waals surface area contributed by atoms with Crippen molar-refractivity contribution in [1.82, 2.24) is 0 Å². The van der Waals surface area contributed by atoms with Gasteiger partial charge in [0.25, 0.3) is 0 Å². The molecule has 0 unspecified atom stereocenters. The Labute approximate surface area is 76.3 Å². The first kappa shape index (κ1) is 14.2. The van der Waals surface area contributed by atoms with Crippen LogP contribution in [0, 0.1) is 0 Å². The van der Waals surface area contributed by atoms with Gasteiger partial charge in [0.1, 0.15) is 0 Å². The predicted octanol–water partition coefficient (Wildman–Crippen LogP) is 0.491. The second-order valence-corrected chi connectivity index (χ2v) is 2.09. The molecule has 13 heavy (non-hydrogen) atoms. The largest absolute Gasteiger partial charge is 0.478 e. The summed E-state index contributed by atoms with van der Waals surface area (Å²) in [6, 6.07) is 0. The second kappa shape index (κ2) is 10.6. The van der Waals surface area contributed by atoms with Crippen molar-refractivity contribution in [2.24, 2.45) is 0 Å². The molecule has 0 aromatic carbocycles. The van der Waals surface area contributed by atoms with Gasteiger partial charge in [0.2, 0.25) is 0 Å². The van der Waals surface area contributed by atoms with E-state index in [1.54, 1.807) is 0 Å². The Morgan fingerprint density at radius 1 is 1.15 bits per heavy atom. The monoisotopic (exact) mass is 190 g/mol. The summed E-state index contributed by atoms with van der Waals surface area (Å²) in [6.07, 6.45) is 3.15. The van der Waals surface area contributed by atoms with Crippen molar-refractivity contribution >= 4 is 11.9 Å². The minimum atomic E-state index is -1.26. The Morgan fingerprint density at radius 3 is 1.62 bits per heavy atom. The molecule has 0 radical (unpaired) electrons. The van der Waals surface area contributed by atoms with Crippen LogP contribution in [-0.2, 0) is 9.59 Å². The van der Waals surface area contributed by atoms with Gasteiger partial charge in [-0.3, -0.25) is 0 Å². The van der Waals surface area contributed by atoms with E-state index in [9.17, 15) is 9.59 Å². The SMILES string of the molecule is CCCCO.O=C(O)/C=C\C(=O)O. The minimum Gasteiger partial charge on any atom is -0.478 e. The fourth-order valence-electron chi connectivity index (χ4n) is 0.301. The second-order valence-electron chi connectivity index (χ2n) is 2.09. The zero-order valence-electron chi connectivity index (χ0n) is 7.43. The van der Waals surface area contributed by atoms with Crippen molar-refractivity contribution in [3.63, 3.8) is 0 Å². The molecule has 0 aromatic rings. The van der Waals surface area contributed by atoms with Crippen LogP contribution >= 0.6 is 0 Å². The summed E-state index contributed by atoms with van der Waals surface area (Å²) < 4.78 is 0. The third-order valence-electron chi connectivity index (χ3n) is 0.880. The molecule has 0 aliphatic heterocycles. The normalized spacial score (nSPS) is 9.08. The number of hydrogen-bond donors (Lipinski definition) is 3. The maximum Gasteiger partial charge on any atom is 0.328 e. The van der Waals surface area contributed by atoms with Crippen molar-refractivity contribution in [3.05, 3.63) is 12.2 Å². The average molecular weight is 190 g/mol. The molecule has 0 spiro atoms. The van der Waals surface area contributed by atoms with Crippen LogP contribution < -0.4 is 0 Å². The zero-order valence-corrected chi connectivity index (χ0v) is 7.43.